The molecule has 0 saturated heterocycles. The van der Waals surface area contributed by atoms with Gasteiger partial charge in [-0.1, -0.05) is 35.9 Å². The Morgan fingerprint density at radius 3 is 2.72 bits per heavy atom. The van der Waals surface area contributed by atoms with Crippen molar-refractivity contribution in [2.24, 2.45) is 0 Å². The molecule has 2 heterocycles. The summed E-state index contributed by atoms with van der Waals surface area (Å²) in [6.07, 6.45) is 6.89. The predicted molar refractivity (Wildman–Crippen MR) is 95.9 cm³/mol. The van der Waals surface area contributed by atoms with Crippen LogP contribution in [0.4, 0.5) is 0 Å². The smallest absolute Gasteiger partial charge is 0.220 e. The number of hydrogen-bond donors (Lipinski definition) is 1. The number of aromatic nitrogens is 2. The highest BCUT2D eigenvalue weighted by atomic mass is 16.4. The number of nitrogens with one attached hydrogen (secondary N) is 1. The molecule has 0 saturated carbocycles. The minimum Gasteiger partial charge on any atom is -0.441 e. The first-order chi connectivity index (χ1) is 12.2. The second kappa shape index (κ2) is 8.24. The van der Waals surface area contributed by atoms with E-state index in [1.165, 1.54) is 5.56 Å². The van der Waals surface area contributed by atoms with Crippen LogP contribution in [0.25, 0.3) is 11.3 Å². The first kappa shape index (κ1) is 16.9. The second-order valence-corrected chi connectivity index (χ2v) is 5.95. The van der Waals surface area contributed by atoms with Crippen molar-refractivity contribution >= 4 is 5.91 Å². The van der Waals surface area contributed by atoms with Gasteiger partial charge in [-0.15, -0.1) is 0 Å². The number of carbonyl (C=O) groups is 1. The molecule has 128 valence electrons. The molecular formula is C20H21N3O2. The molecule has 0 bridgehead atoms. The molecule has 1 aromatic carbocycles. The van der Waals surface area contributed by atoms with Gasteiger partial charge >= 0.3 is 0 Å². The molecule has 0 aliphatic rings. The lowest BCUT2D eigenvalue weighted by atomic mass is 10.1. The molecule has 0 fully saturated rings. The van der Waals surface area contributed by atoms with Crippen LogP contribution in [0.15, 0.2) is 59.4 Å². The number of hydrogen-bond acceptors (Lipinski definition) is 4. The fraction of sp³-hybridized carbons (Fsp3) is 0.250. The zero-order valence-electron chi connectivity index (χ0n) is 14.2. The van der Waals surface area contributed by atoms with E-state index in [0.29, 0.717) is 25.3 Å². The fourth-order valence-corrected chi connectivity index (χ4v) is 2.48. The zero-order chi connectivity index (χ0) is 17.5. The van der Waals surface area contributed by atoms with E-state index in [1.54, 1.807) is 12.4 Å². The lowest BCUT2D eigenvalue weighted by Gasteiger charge is -2.04. The molecule has 3 aromatic rings. The molecule has 0 atom stereocenters. The Labute approximate surface area is 147 Å². The maximum Gasteiger partial charge on any atom is 0.220 e. The van der Waals surface area contributed by atoms with Crippen LogP contribution < -0.4 is 5.32 Å². The van der Waals surface area contributed by atoms with Gasteiger partial charge in [-0.25, -0.2) is 4.98 Å². The Balaban J connectivity index is 1.44. The summed E-state index contributed by atoms with van der Waals surface area (Å²) in [6, 6.07) is 12.0. The molecule has 0 aliphatic heterocycles. The van der Waals surface area contributed by atoms with Crippen LogP contribution in [-0.4, -0.2) is 22.4 Å². The number of nitrogens with zero attached hydrogens (tertiary/aromatic N) is 2. The van der Waals surface area contributed by atoms with Gasteiger partial charge in [0.1, 0.15) is 0 Å². The highest BCUT2D eigenvalue weighted by molar-refractivity contribution is 5.76. The molecule has 1 amide bonds. The largest absolute Gasteiger partial charge is 0.441 e. The van der Waals surface area contributed by atoms with Crippen LogP contribution in [0, 0.1) is 6.92 Å². The van der Waals surface area contributed by atoms with Crippen LogP contribution >= 0.6 is 0 Å². The number of aryl methyl sites for hydroxylation is 2. The van der Waals surface area contributed by atoms with E-state index < -0.39 is 0 Å². The van der Waals surface area contributed by atoms with E-state index in [2.05, 4.69) is 15.3 Å². The first-order valence-corrected chi connectivity index (χ1v) is 8.38. The van der Waals surface area contributed by atoms with Crippen molar-refractivity contribution in [3.05, 3.63) is 72.0 Å². The third-order valence-corrected chi connectivity index (χ3v) is 3.91. The van der Waals surface area contributed by atoms with Crippen molar-refractivity contribution in [3.63, 3.8) is 0 Å². The van der Waals surface area contributed by atoms with Crippen LogP contribution in [0.5, 0.6) is 0 Å². The minimum absolute atomic E-state index is 0.000948. The van der Waals surface area contributed by atoms with Crippen molar-refractivity contribution in [1.82, 2.24) is 15.3 Å². The van der Waals surface area contributed by atoms with E-state index in [1.807, 2.05) is 49.5 Å². The Bertz CT molecular complexity index is 810. The zero-order valence-corrected chi connectivity index (χ0v) is 14.2. The second-order valence-electron chi connectivity index (χ2n) is 5.95. The van der Waals surface area contributed by atoms with Gasteiger partial charge in [0.05, 0.1) is 6.20 Å². The molecule has 1 N–H and O–H groups in total. The van der Waals surface area contributed by atoms with Crippen molar-refractivity contribution in [3.8, 4) is 11.3 Å². The van der Waals surface area contributed by atoms with Gasteiger partial charge in [0.25, 0.3) is 0 Å². The van der Waals surface area contributed by atoms with Crippen molar-refractivity contribution < 1.29 is 9.21 Å². The van der Waals surface area contributed by atoms with Gasteiger partial charge in [0, 0.05) is 37.3 Å². The highest BCUT2D eigenvalue weighted by Gasteiger charge is 2.09. The van der Waals surface area contributed by atoms with Crippen LogP contribution in [0.2, 0.25) is 0 Å². The summed E-state index contributed by atoms with van der Waals surface area (Å²) in [5.41, 5.74) is 3.30. The lowest BCUT2D eigenvalue weighted by molar-refractivity contribution is -0.121. The quantitative estimate of drug-likeness (QED) is 0.719. The van der Waals surface area contributed by atoms with Gasteiger partial charge in [-0.3, -0.25) is 9.78 Å². The Kier molecular flexibility index (Phi) is 5.57. The summed E-state index contributed by atoms with van der Waals surface area (Å²) in [4.78, 5) is 20.2. The number of pyridine rings is 1. The number of amides is 1. The summed E-state index contributed by atoms with van der Waals surface area (Å²) in [7, 11) is 0. The Hall–Kier alpha value is -2.95. The molecule has 3 rings (SSSR count). The number of carbonyl (C=O) groups excluding carboxylic acids is 1. The van der Waals surface area contributed by atoms with Crippen LogP contribution in [0.1, 0.15) is 23.4 Å². The van der Waals surface area contributed by atoms with Gasteiger partial charge in [-0.05, 0) is 25.0 Å². The van der Waals surface area contributed by atoms with E-state index in [0.717, 1.165) is 23.3 Å². The topological polar surface area (TPSA) is 68.0 Å². The van der Waals surface area contributed by atoms with Crippen LogP contribution in [-0.2, 0) is 17.6 Å². The molecule has 5 nitrogen and oxygen atoms in total. The predicted octanol–water partition coefficient (Wildman–Crippen LogP) is 3.34. The van der Waals surface area contributed by atoms with E-state index in [9.17, 15) is 4.79 Å². The monoisotopic (exact) mass is 335 g/mol. The van der Waals surface area contributed by atoms with Gasteiger partial charge in [0.2, 0.25) is 5.91 Å². The summed E-state index contributed by atoms with van der Waals surface area (Å²) >= 11 is 0. The maximum atomic E-state index is 11.9. The number of oxazole rings is 1. The SMILES string of the molecule is Cc1ccc(-c2cnc(CCC(=O)NCCc3cccnc3)o2)cc1. The van der Waals surface area contributed by atoms with E-state index >= 15 is 0 Å². The summed E-state index contributed by atoms with van der Waals surface area (Å²) < 4.78 is 5.73. The molecule has 0 unspecified atom stereocenters. The van der Waals surface area contributed by atoms with Crippen molar-refractivity contribution in [2.45, 2.75) is 26.2 Å². The summed E-state index contributed by atoms with van der Waals surface area (Å²) in [5.74, 6) is 1.31. The van der Waals surface area contributed by atoms with Crippen molar-refractivity contribution in [2.75, 3.05) is 6.54 Å². The molecule has 0 aliphatic carbocycles. The standard InChI is InChI=1S/C20H21N3O2/c1-15-4-6-17(7-5-15)18-14-23-20(25-18)9-8-19(24)22-12-10-16-3-2-11-21-13-16/h2-7,11,13-14H,8-10,12H2,1H3,(H,22,24). The lowest BCUT2D eigenvalue weighted by Crippen LogP contribution is -2.25. The van der Waals surface area contributed by atoms with Gasteiger partial charge in [-0.2, -0.15) is 0 Å². The molecule has 0 radical (unpaired) electrons. The first-order valence-electron chi connectivity index (χ1n) is 8.38. The number of benzene rings is 1. The maximum absolute atomic E-state index is 11.9. The van der Waals surface area contributed by atoms with Gasteiger partial charge in [0.15, 0.2) is 11.7 Å². The normalized spacial score (nSPS) is 10.6. The average Bonchev–Trinajstić information content (AvgIpc) is 3.10. The number of rotatable bonds is 7. The highest BCUT2D eigenvalue weighted by Crippen LogP contribution is 2.21. The molecule has 5 heteroatoms. The third kappa shape index (κ3) is 5.01. The Morgan fingerprint density at radius 1 is 1.12 bits per heavy atom. The fourth-order valence-electron chi connectivity index (χ4n) is 2.48. The van der Waals surface area contributed by atoms with Crippen molar-refractivity contribution in [1.29, 1.82) is 0 Å². The van der Waals surface area contributed by atoms with Crippen LogP contribution in [0.3, 0.4) is 0 Å². The third-order valence-electron chi connectivity index (χ3n) is 3.91. The summed E-state index contributed by atoms with van der Waals surface area (Å²) in [5, 5.41) is 2.91. The molecule has 25 heavy (non-hydrogen) atoms. The van der Waals surface area contributed by atoms with E-state index in [-0.39, 0.29) is 5.91 Å². The Morgan fingerprint density at radius 2 is 1.96 bits per heavy atom. The molecule has 2 aromatic heterocycles. The molecule has 0 spiro atoms. The average molecular weight is 335 g/mol. The van der Waals surface area contributed by atoms with Gasteiger partial charge < -0.3 is 9.73 Å². The summed E-state index contributed by atoms with van der Waals surface area (Å²) in [6.45, 7) is 2.65. The molecular weight excluding hydrogens is 314 g/mol. The van der Waals surface area contributed by atoms with E-state index in [4.69, 9.17) is 4.42 Å². The minimum atomic E-state index is -0.000948.